The van der Waals surface area contributed by atoms with Gasteiger partial charge in [-0.05, 0) is 16.7 Å². The third-order valence-corrected chi connectivity index (χ3v) is 4.10. The van der Waals surface area contributed by atoms with Crippen molar-refractivity contribution in [2.45, 2.75) is 25.7 Å². The molecule has 0 spiro atoms. The van der Waals surface area contributed by atoms with Crippen LogP contribution in [0.15, 0.2) is 91.0 Å². The minimum atomic E-state index is 0.0391. The average Bonchev–Trinajstić information content (AvgIpc) is 2.70. The first-order valence-corrected chi connectivity index (χ1v) is 8.74. The van der Waals surface area contributed by atoms with E-state index in [2.05, 4.69) is 48.5 Å². The van der Waals surface area contributed by atoms with Crippen LogP contribution >= 0.6 is 0 Å². The molecule has 0 fully saturated rings. The van der Waals surface area contributed by atoms with Crippen molar-refractivity contribution in [2.75, 3.05) is 6.61 Å². The van der Waals surface area contributed by atoms with Crippen molar-refractivity contribution in [1.29, 1.82) is 0 Å². The van der Waals surface area contributed by atoms with Gasteiger partial charge in [0.2, 0.25) is 0 Å². The molecule has 0 aromatic heterocycles. The molecule has 3 rings (SSSR count). The van der Waals surface area contributed by atoms with Crippen LogP contribution in [0.5, 0.6) is 0 Å². The van der Waals surface area contributed by atoms with E-state index in [4.69, 9.17) is 9.47 Å². The van der Waals surface area contributed by atoms with Crippen LogP contribution in [0.1, 0.15) is 29.2 Å². The van der Waals surface area contributed by atoms with Gasteiger partial charge >= 0.3 is 0 Å². The standard InChI is InChI=1S/C23H24O2/c1-4-10-20(11-5-1)18-24-17-16-23(22-14-8-3-9-15-22)25-19-21-12-6-2-7-13-21/h1-15,23H,16-19H2. The van der Waals surface area contributed by atoms with Gasteiger partial charge in [-0.15, -0.1) is 0 Å². The fraction of sp³-hybridized carbons (Fsp3) is 0.217. The van der Waals surface area contributed by atoms with E-state index in [1.165, 1.54) is 16.7 Å². The molecule has 2 nitrogen and oxygen atoms in total. The van der Waals surface area contributed by atoms with E-state index in [0.717, 1.165) is 6.42 Å². The smallest absolute Gasteiger partial charge is 0.0851 e. The third kappa shape index (κ3) is 5.86. The molecule has 2 heteroatoms. The van der Waals surface area contributed by atoms with E-state index in [1.807, 2.05) is 42.5 Å². The van der Waals surface area contributed by atoms with Gasteiger partial charge in [-0.3, -0.25) is 0 Å². The molecule has 0 saturated carbocycles. The molecule has 3 aromatic rings. The lowest BCUT2D eigenvalue weighted by Gasteiger charge is -2.19. The van der Waals surface area contributed by atoms with Crippen LogP contribution in [-0.4, -0.2) is 6.61 Å². The number of hydrogen-bond acceptors (Lipinski definition) is 2. The molecule has 0 bridgehead atoms. The molecule has 0 aliphatic heterocycles. The summed E-state index contributed by atoms with van der Waals surface area (Å²) in [5, 5.41) is 0. The van der Waals surface area contributed by atoms with Gasteiger partial charge in [0.1, 0.15) is 0 Å². The second-order valence-electron chi connectivity index (χ2n) is 6.02. The molecule has 0 saturated heterocycles. The number of hydrogen-bond donors (Lipinski definition) is 0. The quantitative estimate of drug-likeness (QED) is 0.478. The highest BCUT2D eigenvalue weighted by molar-refractivity contribution is 5.18. The molecule has 0 radical (unpaired) electrons. The first kappa shape index (κ1) is 17.4. The highest BCUT2D eigenvalue weighted by atomic mass is 16.5. The zero-order valence-corrected chi connectivity index (χ0v) is 14.4. The summed E-state index contributed by atoms with van der Waals surface area (Å²) in [7, 11) is 0. The molecule has 0 aliphatic carbocycles. The molecule has 1 atom stereocenters. The van der Waals surface area contributed by atoms with Crippen molar-refractivity contribution in [2.24, 2.45) is 0 Å². The van der Waals surface area contributed by atoms with Crippen LogP contribution in [0.2, 0.25) is 0 Å². The SMILES string of the molecule is c1ccc(COCCC(OCc2ccccc2)c2ccccc2)cc1. The summed E-state index contributed by atoms with van der Waals surface area (Å²) < 4.78 is 12.0. The average molecular weight is 332 g/mol. The summed E-state index contributed by atoms with van der Waals surface area (Å²) in [4.78, 5) is 0. The molecule has 0 amide bonds. The zero-order chi connectivity index (χ0) is 17.2. The van der Waals surface area contributed by atoms with Crippen molar-refractivity contribution in [3.05, 3.63) is 108 Å². The molecular weight excluding hydrogens is 308 g/mol. The largest absolute Gasteiger partial charge is 0.377 e. The molecule has 25 heavy (non-hydrogen) atoms. The molecular formula is C23H24O2. The van der Waals surface area contributed by atoms with Crippen LogP contribution in [-0.2, 0) is 22.7 Å². The highest BCUT2D eigenvalue weighted by Crippen LogP contribution is 2.23. The Morgan fingerprint density at radius 3 is 1.72 bits per heavy atom. The van der Waals surface area contributed by atoms with E-state index in [0.29, 0.717) is 19.8 Å². The fourth-order valence-electron chi connectivity index (χ4n) is 2.74. The highest BCUT2D eigenvalue weighted by Gasteiger charge is 2.12. The van der Waals surface area contributed by atoms with E-state index < -0.39 is 0 Å². The lowest BCUT2D eigenvalue weighted by Crippen LogP contribution is -2.08. The number of rotatable bonds is 9. The van der Waals surface area contributed by atoms with Crippen molar-refractivity contribution >= 4 is 0 Å². The number of benzene rings is 3. The maximum absolute atomic E-state index is 6.19. The maximum Gasteiger partial charge on any atom is 0.0851 e. The van der Waals surface area contributed by atoms with Crippen LogP contribution in [0.3, 0.4) is 0 Å². The summed E-state index contributed by atoms with van der Waals surface area (Å²) in [5.74, 6) is 0. The zero-order valence-electron chi connectivity index (χ0n) is 14.4. The van der Waals surface area contributed by atoms with Crippen molar-refractivity contribution in [1.82, 2.24) is 0 Å². The minimum Gasteiger partial charge on any atom is -0.377 e. The predicted molar refractivity (Wildman–Crippen MR) is 101 cm³/mol. The van der Waals surface area contributed by atoms with Gasteiger partial charge < -0.3 is 9.47 Å². The first-order chi connectivity index (χ1) is 12.4. The second-order valence-corrected chi connectivity index (χ2v) is 6.02. The molecule has 1 unspecified atom stereocenters. The minimum absolute atomic E-state index is 0.0391. The van der Waals surface area contributed by atoms with Crippen molar-refractivity contribution < 1.29 is 9.47 Å². The van der Waals surface area contributed by atoms with Gasteiger partial charge in [-0.25, -0.2) is 0 Å². The predicted octanol–water partition coefficient (Wildman–Crippen LogP) is 5.55. The molecule has 128 valence electrons. The Morgan fingerprint density at radius 2 is 1.12 bits per heavy atom. The maximum atomic E-state index is 6.19. The summed E-state index contributed by atoms with van der Waals surface area (Å²) in [6.45, 7) is 1.92. The van der Waals surface area contributed by atoms with Crippen LogP contribution < -0.4 is 0 Å². The second kappa shape index (κ2) is 9.77. The van der Waals surface area contributed by atoms with Gasteiger partial charge in [-0.2, -0.15) is 0 Å². The number of ether oxygens (including phenoxy) is 2. The topological polar surface area (TPSA) is 18.5 Å². The van der Waals surface area contributed by atoms with E-state index in [9.17, 15) is 0 Å². The monoisotopic (exact) mass is 332 g/mol. The molecule has 3 aromatic carbocycles. The van der Waals surface area contributed by atoms with Gasteiger partial charge in [0.05, 0.1) is 19.3 Å². The molecule has 0 aliphatic rings. The van der Waals surface area contributed by atoms with Gasteiger partial charge in [0.25, 0.3) is 0 Å². The van der Waals surface area contributed by atoms with Gasteiger partial charge in [0, 0.05) is 13.0 Å². The fourth-order valence-corrected chi connectivity index (χ4v) is 2.74. The van der Waals surface area contributed by atoms with Crippen molar-refractivity contribution in [3.63, 3.8) is 0 Å². The molecule has 0 heterocycles. The summed E-state index contributed by atoms with van der Waals surface area (Å²) in [5.41, 5.74) is 3.58. The molecule has 0 N–H and O–H groups in total. The van der Waals surface area contributed by atoms with Crippen LogP contribution in [0.4, 0.5) is 0 Å². The van der Waals surface area contributed by atoms with Crippen LogP contribution in [0.25, 0.3) is 0 Å². The first-order valence-electron chi connectivity index (χ1n) is 8.74. The van der Waals surface area contributed by atoms with E-state index >= 15 is 0 Å². The van der Waals surface area contributed by atoms with E-state index in [-0.39, 0.29) is 6.10 Å². The Labute approximate surface area is 150 Å². The normalized spacial score (nSPS) is 12.0. The Bertz CT molecular complexity index is 711. The van der Waals surface area contributed by atoms with E-state index in [1.54, 1.807) is 0 Å². The van der Waals surface area contributed by atoms with Crippen molar-refractivity contribution in [3.8, 4) is 0 Å². The van der Waals surface area contributed by atoms with Gasteiger partial charge in [-0.1, -0.05) is 91.0 Å². The summed E-state index contributed by atoms with van der Waals surface area (Å²) in [6.07, 6.45) is 0.876. The summed E-state index contributed by atoms with van der Waals surface area (Å²) in [6, 6.07) is 30.9. The van der Waals surface area contributed by atoms with Gasteiger partial charge in [0.15, 0.2) is 0 Å². The lowest BCUT2D eigenvalue weighted by atomic mass is 10.1. The Hall–Kier alpha value is -2.42. The third-order valence-electron chi connectivity index (χ3n) is 4.10. The lowest BCUT2D eigenvalue weighted by molar-refractivity contribution is 0.00736. The van der Waals surface area contributed by atoms with Crippen LogP contribution in [0, 0.1) is 0 Å². The Kier molecular flexibility index (Phi) is 6.80. The Morgan fingerprint density at radius 1 is 0.600 bits per heavy atom. The Balaban J connectivity index is 1.53. The summed E-state index contributed by atoms with van der Waals surface area (Å²) >= 11 is 0.